The molecule has 19 heavy (non-hydrogen) atoms. The SMILES string of the molecule is CCCn1nccc1CNc1c(F)ccc(C)c1F. The van der Waals surface area contributed by atoms with Gasteiger partial charge in [0.2, 0.25) is 0 Å². The molecule has 2 aromatic rings. The van der Waals surface area contributed by atoms with Gasteiger partial charge in [-0.15, -0.1) is 0 Å². The predicted octanol–water partition coefficient (Wildman–Crippen LogP) is 3.49. The van der Waals surface area contributed by atoms with Crippen molar-refractivity contribution in [3.05, 3.63) is 47.3 Å². The Kier molecular flexibility index (Phi) is 4.14. The first-order valence-corrected chi connectivity index (χ1v) is 6.32. The highest BCUT2D eigenvalue weighted by molar-refractivity contribution is 5.49. The lowest BCUT2D eigenvalue weighted by atomic mass is 10.2. The van der Waals surface area contributed by atoms with Crippen molar-refractivity contribution in [3.63, 3.8) is 0 Å². The molecule has 2 rings (SSSR count). The summed E-state index contributed by atoms with van der Waals surface area (Å²) in [6.45, 7) is 4.81. The van der Waals surface area contributed by atoms with E-state index in [1.165, 1.54) is 12.1 Å². The molecule has 0 radical (unpaired) electrons. The zero-order chi connectivity index (χ0) is 13.8. The van der Waals surface area contributed by atoms with Gasteiger partial charge in [0.25, 0.3) is 0 Å². The highest BCUT2D eigenvalue weighted by Gasteiger charge is 2.11. The van der Waals surface area contributed by atoms with Crippen LogP contribution in [0.15, 0.2) is 24.4 Å². The molecule has 1 aromatic heterocycles. The monoisotopic (exact) mass is 265 g/mol. The molecule has 0 bridgehead atoms. The van der Waals surface area contributed by atoms with E-state index < -0.39 is 11.6 Å². The Labute approximate surface area is 111 Å². The molecule has 0 unspecified atom stereocenters. The minimum Gasteiger partial charge on any atom is -0.375 e. The van der Waals surface area contributed by atoms with Crippen molar-refractivity contribution in [1.82, 2.24) is 9.78 Å². The van der Waals surface area contributed by atoms with E-state index in [0.29, 0.717) is 12.1 Å². The number of halogens is 2. The number of hydrogen-bond donors (Lipinski definition) is 1. The zero-order valence-corrected chi connectivity index (χ0v) is 11.1. The molecule has 0 aliphatic rings. The summed E-state index contributed by atoms with van der Waals surface area (Å²) in [5.41, 5.74) is 1.25. The second-order valence-electron chi connectivity index (χ2n) is 4.45. The molecule has 0 atom stereocenters. The summed E-state index contributed by atoms with van der Waals surface area (Å²) in [5.74, 6) is -1.12. The number of rotatable bonds is 5. The van der Waals surface area contributed by atoms with Crippen LogP contribution in [0.1, 0.15) is 24.6 Å². The van der Waals surface area contributed by atoms with Crippen molar-refractivity contribution in [1.29, 1.82) is 0 Å². The number of benzene rings is 1. The van der Waals surface area contributed by atoms with Crippen molar-refractivity contribution in [2.75, 3.05) is 5.32 Å². The fourth-order valence-corrected chi connectivity index (χ4v) is 1.92. The molecule has 0 saturated heterocycles. The van der Waals surface area contributed by atoms with Gasteiger partial charge >= 0.3 is 0 Å². The van der Waals surface area contributed by atoms with Gasteiger partial charge in [0.05, 0.1) is 12.2 Å². The minimum atomic E-state index is -0.579. The molecule has 0 saturated carbocycles. The van der Waals surface area contributed by atoms with Gasteiger partial charge in [0, 0.05) is 12.7 Å². The molecule has 102 valence electrons. The van der Waals surface area contributed by atoms with Gasteiger partial charge in [0.15, 0.2) is 5.82 Å². The second kappa shape index (κ2) is 5.82. The molecule has 1 aromatic carbocycles. The average molecular weight is 265 g/mol. The van der Waals surface area contributed by atoms with Gasteiger partial charge in [-0.05, 0) is 31.0 Å². The molecule has 3 nitrogen and oxygen atoms in total. The van der Waals surface area contributed by atoms with Crippen molar-refractivity contribution in [3.8, 4) is 0 Å². The van der Waals surface area contributed by atoms with E-state index in [1.54, 1.807) is 13.1 Å². The van der Waals surface area contributed by atoms with Crippen LogP contribution in [0.25, 0.3) is 0 Å². The maximum atomic E-state index is 13.8. The molecule has 0 aliphatic carbocycles. The van der Waals surface area contributed by atoms with E-state index in [4.69, 9.17) is 0 Å². The minimum absolute atomic E-state index is 0.0794. The lowest BCUT2D eigenvalue weighted by Crippen LogP contribution is -2.10. The van der Waals surface area contributed by atoms with Crippen LogP contribution in [0.3, 0.4) is 0 Å². The number of nitrogens with zero attached hydrogens (tertiary/aromatic N) is 2. The molecule has 1 heterocycles. The van der Waals surface area contributed by atoms with Crippen LogP contribution >= 0.6 is 0 Å². The fourth-order valence-electron chi connectivity index (χ4n) is 1.92. The molecule has 0 spiro atoms. The summed E-state index contributed by atoms with van der Waals surface area (Å²) in [6.07, 6.45) is 2.65. The number of nitrogens with one attached hydrogen (secondary N) is 1. The Balaban J connectivity index is 2.14. The lowest BCUT2D eigenvalue weighted by Gasteiger charge is -2.11. The van der Waals surface area contributed by atoms with Crippen molar-refractivity contribution < 1.29 is 8.78 Å². The van der Waals surface area contributed by atoms with Gasteiger partial charge in [-0.25, -0.2) is 8.78 Å². The summed E-state index contributed by atoms with van der Waals surface area (Å²) in [4.78, 5) is 0. The van der Waals surface area contributed by atoms with Crippen LogP contribution in [0.5, 0.6) is 0 Å². The molecule has 0 aliphatic heterocycles. The first-order valence-electron chi connectivity index (χ1n) is 6.32. The summed E-state index contributed by atoms with van der Waals surface area (Å²) >= 11 is 0. The van der Waals surface area contributed by atoms with Crippen LogP contribution in [-0.2, 0) is 13.1 Å². The van der Waals surface area contributed by atoms with Gasteiger partial charge in [-0.2, -0.15) is 5.10 Å². The standard InChI is InChI=1S/C14H17F2N3/c1-3-8-19-11(6-7-18-19)9-17-14-12(15)5-4-10(2)13(14)16/h4-7,17H,3,8-9H2,1-2H3. The fraction of sp³-hybridized carbons (Fsp3) is 0.357. The maximum Gasteiger partial charge on any atom is 0.152 e. The maximum absolute atomic E-state index is 13.8. The lowest BCUT2D eigenvalue weighted by molar-refractivity contribution is 0.569. The third kappa shape index (κ3) is 2.92. The zero-order valence-electron chi connectivity index (χ0n) is 11.1. The highest BCUT2D eigenvalue weighted by atomic mass is 19.1. The Morgan fingerprint density at radius 2 is 2.05 bits per heavy atom. The van der Waals surface area contributed by atoms with Crippen LogP contribution in [0, 0.1) is 18.6 Å². The summed E-state index contributed by atoms with van der Waals surface area (Å²) in [6, 6.07) is 4.54. The third-order valence-corrected chi connectivity index (χ3v) is 2.97. The smallest absolute Gasteiger partial charge is 0.152 e. The molecule has 5 heteroatoms. The van der Waals surface area contributed by atoms with E-state index in [9.17, 15) is 8.78 Å². The number of hydrogen-bond acceptors (Lipinski definition) is 2. The highest BCUT2D eigenvalue weighted by Crippen LogP contribution is 2.22. The largest absolute Gasteiger partial charge is 0.375 e. The molecule has 0 fully saturated rings. The van der Waals surface area contributed by atoms with E-state index >= 15 is 0 Å². The first kappa shape index (κ1) is 13.5. The molecular weight excluding hydrogens is 248 g/mol. The van der Waals surface area contributed by atoms with Gasteiger partial charge in [0.1, 0.15) is 11.5 Å². The summed E-state index contributed by atoms with van der Waals surface area (Å²) < 4.78 is 29.2. The van der Waals surface area contributed by atoms with E-state index in [-0.39, 0.29) is 5.69 Å². The van der Waals surface area contributed by atoms with Gasteiger partial charge in [-0.3, -0.25) is 4.68 Å². The quantitative estimate of drug-likeness (QED) is 0.896. The molecule has 0 amide bonds. The van der Waals surface area contributed by atoms with E-state index in [1.807, 2.05) is 10.7 Å². The van der Waals surface area contributed by atoms with E-state index in [2.05, 4.69) is 17.3 Å². The molecular formula is C14H17F2N3. The van der Waals surface area contributed by atoms with Crippen LogP contribution in [0.4, 0.5) is 14.5 Å². The van der Waals surface area contributed by atoms with Crippen molar-refractivity contribution in [2.45, 2.75) is 33.4 Å². The van der Waals surface area contributed by atoms with E-state index in [0.717, 1.165) is 18.7 Å². The van der Waals surface area contributed by atoms with Gasteiger partial charge in [-0.1, -0.05) is 13.0 Å². The van der Waals surface area contributed by atoms with Crippen LogP contribution in [0.2, 0.25) is 0 Å². The Bertz CT molecular complexity index is 564. The second-order valence-corrected chi connectivity index (χ2v) is 4.45. The first-order chi connectivity index (χ1) is 9.13. The topological polar surface area (TPSA) is 29.9 Å². The average Bonchev–Trinajstić information content (AvgIpc) is 2.82. The van der Waals surface area contributed by atoms with Crippen molar-refractivity contribution >= 4 is 5.69 Å². The summed E-state index contributed by atoms with van der Waals surface area (Å²) in [7, 11) is 0. The van der Waals surface area contributed by atoms with Crippen LogP contribution < -0.4 is 5.32 Å². The Morgan fingerprint density at radius 3 is 2.79 bits per heavy atom. The third-order valence-electron chi connectivity index (χ3n) is 2.97. The normalized spacial score (nSPS) is 10.7. The predicted molar refractivity (Wildman–Crippen MR) is 70.9 cm³/mol. The Hall–Kier alpha value is -1.91. The number of aromatic nitrogens is 2. The Morgan fingerprint density at radius 1 is 1.26 bits per heavy atom. The number of anilines is 1. The van der Waals surface area contributed by atoms with Gasteiger partial charge < -0.3 is 5.32 Å². The van der Waals surface area contributed by atoms with Crippen molar-refractivity contribution in [2.24, 2.45) is 0 Å². The molecule has 1 N–H and O–H groups in total. The van der Waals surface area contributed by atoms with Crippen LogP contribution in [-0.4, -0.2) is 9.78 Å². The summed E-state index contributed by atoms with van der Waals surface area (Å²) in [5, 5.41) is 6.98. The number of aryl methyl sites for hydroxylation is 2.